The Morgan fingerprint density at radius 2 is 2.06 bits per heavy atom. The first-order valence-corrected chi connectivity index (χ1v) is 6.96. The van der Waals surface area contributed by atoms with Crippen LogP contribution in [-0.2, 0) is 4.74 Å². The third-order valence-electron chi connectivity index (χ3n) is 3.72. The van der Waals surface area contributed by atoms with E-state index in [1.165, 1.54) is 11.3 Å². The SMILES string of the molecule is CCC1CN(c2ccc([C@H](N)CC)cc2)CCO1. The summed E-state index contributed by atoms with van der Waals surface area (Å²) in [5.74, 6) is 0. The number of nitrogens with two attached hydrogens (primary N) is 1. The highest BCUT2D eigenvalue weighted by atomic mass is 16.5. The van der Waals surface area contributed by atoms with Gasteiger partial charge >= 0.3 is 0 Å². The van der Waals surface area contributed by atoms with Gasteiger partial charge in [0.2, 0.25) is 0 Å². The van der Waals surface area contributed by atoms with E-state index in [2.05, 4.69) is 43.0 Å². The second-order valence-electron chi connectivity index (χ2n) is 4.95. The fourth-order valence-corrected chi connectivity index (χ4v) is 2.37. The normalized spacial score (nSPS) is 21.9. The molecule has 1 aromatic carbocycles. The van der Waals surface area contributed by atoms with E-state index in [0.29, 0.717) is 6.10 Å². The van der Waals surface area contributed by atoms with E-state index in [1.54, 1.807) is 0 Å². The summed E-state index contributed by atoms with van der Waals surface area (Å²) in [4.78, 5) is 2.40. The number of benzene rings is 1. The van der Waals surface area contributed by atoms with Crippen molar-refractivity contribution in [2.24, 2.45) is 5.73 Å². The van der Waals surface area contributed by atoms with Crippen LogP contribution in [0.15, 0.2) is 24.3 Å². The molecular formula is C15H24N2O. The van der Waals surface area contributed by atoms with Crippen LogP contribution in [0.25, 0.3) is 0 Å². The first-order chi connectivity index (χ1) is 8.74. The summed E-state index contributed by atoms with van der Waals surface area (Å²) in [5.41, 5.74) is 8.54. The Hall–Kier alpha value is -1.06. The maximum Gasteiger partial charge on any atom is 0.0748 e. The number of nitrogens with zero attached hydrogens (tertiary/aromatic N) is 1. The predicted octanol–water partition coefficient (Wildman–Crippen LogP) is 2.71. The monoisotopic (exact) mass is 248 g/mol. The molecule has 0 bridgehead atoms. The molecule has 3 heteroatoms. The highest BCUT2D eigenvalue weighted by Gasteiger charge is 2.19. The number of morpholine rings is 1. The van der Waals surface area contributed by atoms with Crippen molar-refractivity contribution in [2.75, 3.05) is 24.6 Å². The van der Waals surface area contributed by atoms with E-state index in [-0.39, 0.29) is 6.04 Å². The van der Waals surface area contributed by atoms with Gasteiger partial charge in [-0.2, -0.15) is 0 Å². The average molecular weight is 248 g/mol. The Morgan fingerprint density at radius 3 is 2.67 bits per heavy atom. The number of hydrogen-bond donors (Lipinski definition) is 1. The van der Waals surface area contributed by atoms with Crippen LogP contribution in [0.3, 0.4) is 0 Å². The van der Waals surface area contributed by atoms with Crippen LogP contribution in [0, 0.1) is 0 Å². The number of hydrogen-bond acceptors (Lipinski definition) is 3. The van der Waals surface area contributed by atoms with E-state index in [4.69, 9.17) is 10.5 Å². The Labute approximate surface area is 110 Å². The van der Waals surface area contributed by atoms with Crippen molar-refractivity contribution >= 4 is 5.69 Å². The molecule has 1 aliphatic heterocycles. The fourth-order valence-electron chi connectivity index (χ4n) is 2.37. The minimum absolute atomic E-state index is 0.159. The highest BCUT2D eigenvalue weighted by molar-refractivity contribution is 5.48. The molecule has 0 aromatic heterocycles. The van der Waals surface area contributed by atoms with Crippen molar-refractivity contribution in [2.45, 2.75) is 38.8 Å². The first kappa shape index (κ1) is 13.4. The van der Waals surface area contributed by atoms with Gasteiger partial charge in [0.25, 0.3) is 0 Å². The zero-order valence-electron chi connectivity index (χ0n) is 11.4. The minimum atomic E-state index is 0.159. The van der Waals surface area contributed by atoms with Crippen molar-refractivity contribution < 1.29 is 4.74 Å². The summed E-state index contributed by atoms with van der Waals surface area (Å²) >= 11 is 0. The predicted molar refractivity (Wildman–Crippen MR) is 75.9 cm³/mol. The van der Waals surface area contributed by atoms with Crippen molar-refractivity contribution in [3.05, 3.63) is 29.8 Å². The molecule has 1 heterocycles. The quantitative estimate of drug-likeness (QED) is 0.890. The lowest BCUT2D eigenvalue weighted by atomic mass is 10.0. The largest absolute Gasteiger partial charge is 0.375 e. The molecule has 0 amide bonds. The minimum Gasteiger partial charge on any atom is -0.375 e. The molecule has 0 spiro atoms. The van der Waals surface area contributed by atoms with Crippen LogP contribution < -0.4 is 10.6 Å². The summed E-state index contributed by atoms with van der Waals surface area (Å²) in [6.45, 7) is 7.10. The van der Waals surface area contributed by atoms with Gasteiger partial charge in [0.15, 0.2) is 0 Å². The number of anilines is 1. The molecule has 2 rings (SSSR count). The zero-order chi connectivity index (χ0) is 13.0. The van der Waals surface area contributed by atoms with Gasteiger partial charge in [-0.1, -0.05) is 26.0 Å². The summed E-state index contributed by atoms with van der Waals surface area (Å²) in [7, 11) is 0. The second-order valence-corrected chi connectivity index (χ2v) is 4.95. The highest BCUT2D eigenvalue weighted by Crippen LogP contribution is 2.22. The van der Waals surface area contributed by atoms with Crippen molar-refractivity contribution in [3.8, 4) is 0 Å². The van der Waals surface area contributed by atoms with Gasteiger partial charge in [-0.05, 0) is 30.5 Å². The Kier molecular flexibility index (Phi) is 4.61. The van der Waals surface area contributed by atoms with Gasteiger partial charge in [0.05, 0.1) is 12.7 Å². The van der Waals surface area contributed by atoms with Crippen molar-refractivity contribution in [1.82, 2.24) is 0 Å². The molecular weight excluding hydrogens is 224 g/mol. The van der Waals surface area contributed by atoms with Crippen molar-refractivity contribution in [3.63, 3.8) is 0 Å². The molecule has 0 aliphatic carbocycles. The summed E-state index contributed by atoms with van der Waals surface area (Å²) < 4.78 is 5.70. The lowest BCUT2D eigenvalue weighted by Crippen LogP contribution is -2.42. The second kappa shape index (κ2) is 6.21. The molecule has 2 atom stereocenters. The summed E-state index contributed by atoms with van der Waals surface area (Å²) in [5, 5.41) is 0. The topological polar surface area (TPSA) is 38.5 Å². The molecule has 18 heavy (non-hydrogen) atoms. The molecule has 0 radical (unpaired) electrons. The first-order valence-electron chi connectivity index (χ1n) is 6.96. The van der Waals surface area contributed by atoms with Gasteiger partial charge < -0.3 is 15.4 Å². The Bertz CT molecular complexity index is 363. The third kappa shape index (κ3) is 3.03. The Balaban J connectivity index is 2.04. The smallest absolute Gasteiger partial charge is 0.0748 e. The van der Waals surface area contributed by atoms with Crippen LogP contribution in [0.5, 0.6) is 0 Å². The number of rotatable bonds is 4. The van der Waals surface area contributed by atoms with Crippen molar-refractivity contribution in [1.29, 1.82) is 0 Å². The Morgan fingerprint density at radius 1 is 1.33 bits per heavy atom. The molecule has 2 N–H and O–H groups in total. The zero-order valence-corrected chi connectivity index (χ0v) is 11.4. The molecule has 0 saturated carbocycles. The van der Waals surface area contributed by atoms with E-state index >= 15 is 0 Å². The van der Waals surface area contributed by atoms with Gasteiger partial charge in [-0.3, -0.25) is 0 Å². The molecule has 1 saturated heterocycles. The summed E-state index contributed by atoms with van der Waals surface area (Å²) in [6, 6.07) is 8.83. The summed E-state index contributed by atoms with van der Waals surface area (Å²) in [6.07, 6.45) is 2.43. The lowest BCUT2D eigenvalue weighted by Gasteiger charge is -2.34. The molecule has 3 nitrogen and oxygen atoms in total. The van der Waals surface area contributed by atoms with E-state index < -0.39 is 0 Å². The van der Waals surface area contributed by atoms with E-state index in [0.717, 1.165) is 32.5 Å². The van der Waals surface area contributed by atoms with E-state index in [9.17, 15) is 0 Å². The van der Waals surface area contributed by atoms with Crippen LogP contribution in [0.4, 0.5) is 5.69 Å². The van der Waals surface area contributed by atoms with Gasteiger partial charge in [0, 0.05) is 24.8 Å². The molecule has 100 valence electrons. The van der Waals surface area contributed by atoms with E-state index in [1.807, 2.05) is 0 Å². The van der Waals surface area contributed by atoms with Crippen LogP contribution in [0.2, 0.25) is 0 Å². The van der Waals surface area contributed by atoms with Gasteiger partial charge in [-0.25, -0.2) is 0 Å². The van der Waals surface area contributed by atoms with Crippen LogP contribution >= 0.6 is 0 Å². The number of ether oxygens (including phenoxy) is 1. The molecule has 1 fully saturated rings. The maximum absolute atomic E-state index is 6.03. The van der Waals surface area contributed by atoms with Crippen LogP contribution in [0.1, 0.15) is 38.3 Å². The average Bonchev–Trinajstić information content (AvgIpc) is 2.46. The van der Waals surface area contributed by atoms with Crippen LogP contribution in [-0.4, -0.2) is 25.8 Å². The maximum atomic E-state index is 6.03. The molecule has 1 unspecified atom stereocenters. The molecule has 1 aromatic rings. The third-order valence-corrected chi connectivity index (χ3v) is 3.72. The molecule has 1 aliphatic rings. The van der Waals surface area contributed by atoms with Gasteiger partial charge in [-0.15, -0.1) is 0 Å². The fraction of sp³-hybridized carbons (Fsp3) is 0.600. The standard InChI is InChI=1S/C15H24N2O/c1-3-14-11-17(9-10-18-14)13-7-5-12(6-8-13)15(16)4-2/h5-8,14-15H,3-4,9-11,16H2,1-2H3/t14?,15-/m1/s1. The van der Waals surface area contributed by atoms with Gasteiger partial charge in [0.1, 0.15) is 0 Å². The lowest BCUT2D eigenvalue weighted by molar-refractivity contribution is 0.0384.